The van der Waals surface area contributed by atoms with Gasteiger partial charge in [0.2, 0.25) is 0 Å². The first kappa shape index (κ1) is 14.9. The van der Waals surface area contributed by atoms with Crippen LogP contribution in [0.15, 0.2) is 23.1 Å². The molecule has 0 saturated heterocycles. The predicted octanol–water partition coefficient (Wildman–Crippen LogP) is 4.83. The lowest BCUT2D eigenvalue weighted by Crippen LogP contribution is -2.03. The number of Topliss-reactive ketones (excluding diaryl/α,β-unsaturated/α-hetero) is 1. The normalized spacial score (nSPS) is 11.9. The predicted molar refractivity (Wildman–Crippen MR) is 57.9 cm³/mol. The number of carbonyl (C=O) groups is 1. The lowest BCUT2D eigenvalue weighted by atomic mass is 10.1. The molecule has 0 aliphatic rings. The van der Waals surface area contributed by atoms with Gasteiger partial charge in [0.1, 0.15) is 0 Å². The molecule has 18 heavy (non-hydrogen) atoms. The number of thioether (sulfide) groups is 1. The van der Waals surface area contributed by atoms with Crippen LogP contribution in [0.25, 0.3) is 0 Å². The fourth-order valence-electron chi connectivity index (χ4n) is 1.31. The summed E-state index contributed by atoms with van der Waals surface area (Å²) in [5.41, 5.74) is -5.28. The van der Waals surface area contributed by atoms with Gasteiger partial charge in [-0.25, -0.2) is 8.78 Å². The average Bonchev–Trinajstić information content (AvgIpc) is 2.25. The molecule has 0 aliphatic heterocycles. The first-order chi connectivity index (χ1) is 8.23. The van der Waals surface area contributed by atoms with Crippen molar-refractivity contribution in [3.05, 3.63) is 29.3 Å². The second-order valence-electron chi connectivity index (χ2n) is 3.42. The number of hydrogen-bond acceptors (Lipinski definition) is 2. The van der Waals surface area contributed by atoms with Gasteiger partial charge in [-0.3, -0.25) is 4.79 Å². The van der Waals surface area contributed by atoms with Crippen LogP contribution in [-0.4, -0.2) is 11.3 Å². The largest absolute Gasteiger partial charge is 0.446 e. The molecule has 0 spiro atoms. The maximum atomic E-state index is 12.5. The second-order valence-corrected chi connectivity index (χ2v) is 4.55. The highest BCUT2D eigenvalue weighted by Crippen LogP contribution is 2.38. The van der Waals surface area contributed by atoms with E-state index in [1.165, 1.54) is 6.92 Å². The van der Waals surface area contributed by atoms with Gasteiger partial charge >= 0.3 is 5.51 Å². The molecule has 0 aliphatic carbocycles. The van der Waals surface area contributed by atoms with Gasteiger partial charge in [0, 0.05) is 22.4 Å². The van der Waals surface area contributed by atoms with E-state index in [0.717, 1.165) is 18.2 Å². The monoisotopic (exact) mass is 284 g/mol. The summed E-state index contributed by atoms with van der Waals surface area (Å²) in [5, 5.41) is 0. The zero-order valence-corrected chi connectivity index (χ0v) is 10.0. The number of halogens is 5. The quantitative estimate of drug-likeness (QED) is 0.447. The molecule has 0 bridgehead atoms. The van der Waals surface area contributed by atoms with E-state index in [-0.39, 0.29) is 12.0 Å². The van der Waals surface area contributed by atoms with Crippen molar-refractivity contribution in [1.82, 2.24) is 0 Å². The van der Waals surface area contributed by atoms with Gasteiger partial charge in [-0.05, 0) is 30.0 Å². The highest BCUT2D eigenvalue weighted by molar-refractivity contribution is 8.00. The Morgan fingerprint density at radius 1 is 1.28 bits per heavy atom. The van der Waals surface area contributed by atoms with Crippen LogP contribution in [-0.2, 0) is 0 Å². The van der Waals surface area contributed by atoms with Gasteiger partial charge in [0.05, 0.1) is 0 Å². The molecule has 0 aromatic heterocycles. The van der Waals surface area contributed by atoms with Crippen molar-refractivity contribution in [2.24, 2.45) is 0 Å². The number of hydrogen-bond donors (Lipinski definition) is 0. The van der Waals surface area contributed by atoms with E-state index >= 15 is 0 Å². The standard InChI is InChI=1S/C11H9F5OS/c1-2-9(17)6-3-7(10(12)13)5-8(4-6)18-11(14,15)16/h3-5,10H,2H2,1H3. The molecule has 0 saturated carbocycles. The Bertz CT molecular complexity index is 442. The van der Waals surface area contributed by atoms with Gasteiger partial charge < -0.3 is 0 Å². The molecule has 0 fully saturated rings. The van der Waals surface area contributed by atoms with E-state index in [4.69, 9.17) is 0 Å². The third-order valence-electron chi connectivity index (χ3n) is 2.06. The minimum Gasteiger partial charge on any atom is -0.294 e. The summed E-state index contributed by atoms with van der Waals surface area (Å²) in [4.78, 5) is 11.0. The summed E-state index contributed by atoms with van der Waals surface area (Å²) in [5.74, 6) is -0.471. The van der Waals surface area contributed by atoms with Crippen LogP contribution in [0.4, 0.5) is 22.0 Å². The first-order valence-electron chi connectivity index (χ1n) is 4.95. The molecule has 0 unspecified atom stereocenters. The van der Waals surface area contributed by atoms with Crippen LogP contribution >= 0.6 is 11.8 Å². The van der Waals surface area contributed by atoms with E-state index in [1.807, 2.05) is 0 Å². The molecule has 1 nitrogen and oxygen atoms in total. The van der Waals surface area contributed by atoms with Gasteiger partial charge in [-0.15, -0.1) is 0 Å². The molecule has 0 atom stereocenters. The number of alkyl halides is 5. The highest BCUT2D eigenvalue weighted by atomic mass is 32.2. The number of benzene rings is 1. The minimum absolute atomic E-state index is 0.0445. The summed E-state index contributed by atoms with van der Waals surface area (Å²) in [6, 6.07) is 2.65. The van der Waals surface area contributed by atoms with E-state index < -0.39 is 39.9 Å². The number of rotatable bonds is 4. The van der Waals surface area contributed by atoms with Crippen LogP contribution in [0, 0.1) is 0 Å². The molecule has 0 amide bonds. The molecule has 7 heteroatoms. The van der Waals surface area contributed by atoms with Crippen LogP contribution in [0.1, 0.15) is 35.7 Å². The number of carbonyl (C=O) groups excluding carboxylic acids is 1. The van der Waals surface area contributed by atoms with Crippen molar-refractivity contribution < 1.29 is 26.7 Å². The van der Waals surface area contributed by atoms with E-state index in [1.54, 1.807) is 0 Å². The molecule has 1 aromatic carbocycles. The van der Waals surface area contributed by atoms with Gasteiger partial charge in [-0.2, -0.15) is 13.2 Å². The maximum absolute atomic E-state index is 12.5. The molecule has 1 rings (SSSR count). The van der Waals surface area contributed by atoms with Crippen LogP contribution in [0.5, 0.6) is 0 Å². The Morgan fingerprint density at radius 2 is 1.89 bits per heavy atom. The third-order valence-corrected chi connectivity index (χ3v) is 2.76. The molecule has 1 aromatic rings. The Hall–Kier alpha value is -1.11. The van der Waals surface area contributed by atoms with E-state index in [2.05, 4.69) is 0 Å². The SMILES string of the molecule is CCC(=O)c1cc(SC(F)(F)F)cc(C(F)F)c1. The Labute approximate surface area is 104 Å². The fourth-order valence-corrected chi connectivity index (χ4v) is 1.95. The topological polar surface area (TPSA) is 17.1 Å². The Balaban J connectivity index is 3.18. The second kappa shape index (κ2) is 5.69. The summed E-state index contributed by atoms with van der Waals surface area (Å²) in [6.07, 6.45) is -2.87. The zero-order chi connectivity index (χ0) is 13.9. The molecule has 0 heterocycles. The number of ketones is 1. The minimum atomic E-state index is -4.58. The Kier molecular flexibility index (Phi) is 4.72. The van der Waals surface area contributed by atoms with Crippen molar-refractivity contribution in [2.75, 3.05) is 0 Å². The summed E-state index contributed by atoms with van der Waals surface area (Å²) < 4.78 is 61.6. The first-order valence-corrected chi connectivity index (χ1v) is 5.76. The lowest BCUT2D eigenvalue weighted by Gasteiger charge is -2.10. The average molecular weight is 284 g/mol. The van der Waals surface area contributed by atoms with Crippen molar-refractivity contribution in [2.45, 2.75) is 30.2 Å². The van der Waals surface area contributed by atoms with Crippen molar-refractivity contribution in [1.29, 1.82) is 0 Å². The lowest BCUT2D eigenvalue weighted by molar-refractivity contribution is -0.0328. The van der Waals surface area contributed by atoms with Gasteiger partial charge in [0.25, 0.3) is 6.43 Å². The molecule has 0 N–H and O–H groups in total. The summed E-state index contributed by atoms with van der Waals surface area (Å²) in [7, 11) is 0. The highest BCUT2D eigenvalue weighted by Gasteiger charge is 2.30. The molecular formula is C11H9F5OS. The van der Waals surface area contributed by atoms with Crippen molar-refractivity contribution in [3.63, 3.8) is 0 Å². The molecule has 0 radical (unpaired) electrons. The van der Waals surface area contributed by atoms with Crippen molar-refractivity contribution >= 4 is 17.5 Å². The van der Waals surface area contributed by atoms with Gasteiger partial charge in [0.15, 0.2) is 5.78 Å². The van der Waals surface area contributed by atoms with Crippen molar-refractivity contribution in [3.8, 4) is 0 Å². The zero-order valence-electron chi connectivity index (χ0n) is 9.22. The van der Waals surface area contributed by atoms with Crippen LogP contribution in [0.3, 0.4) is 0 Å². The molecule has 100 valence electrons. The Morgan fingerprint density at radius 3 is 2.33 bits per heavy atom. The van der Waals surface area contributed by atoms with Crippen LogP contribution < -0.4 is 0 Å². The van der Waals surface area contributed by atoms with Gasteiger partial charge in [-0.1, -0.05) is 6.92 Å². The maximum Gasteiger partial charge on any atom is 0.446 e. The fraction of sp³-hybridized carbons (Fsp3) is 0.364. The van der Waals surface area contributed by atoms with E-state index in [0.29, 0.717) is 0 Å². The molecular weight excluding hydrogens is 275 g/mol. The van der Waals surface area contributed by atoms with E-state index in [9.17, 15) is 26.7 Å². The van der Waals surface area contributed by atoms with Crippen LogP contribution in [0.2, 0.25) is 0 Å². The summed E-state index contributed by atoms with van der Waals surface area (Å²) in [6.45, 7) is 1.51. The third kappa shape index (κ3) is 4.29. The summed E-state index contributed by atoms with van der Waals surface area (Å²) >= 11 is -0.511. The smallest absolute Gasteiger partial charge is 0.294 e.